The van der Waals surface area contributed by atoms with Gasteiger partial charge in [0.1, 0.15) is 0 Å². The average molecular weight is 197 g/mol. The molecule has 0 amide bonds. The highest BCUT2D eigenvalue weighted by molar-refractivity contribution is 4.90. The summed E-state index contributed by atoms with van der Waals surface area (Å²) in [6.07, 6.45) is 4.75. The lowest BCUT2D eigenvalue weighted by Gasteiger charge is -2.46. The molecule has 0 bridgehead atoms. The molecule has 2 heteroatoms. The van der Waals surface area contributed by atoms with E-state index < -0.39 is 0 Å². The minimum absolute atomic E-state index is 0.0211. The molecule has 0 aromatic heterocycles. The van der Waals surface area contributed by atoms with Crippen molar-refractivity contribution in [3.63, 3.8) is 0 Å². The number of aliphatic hydroxyl groups excluding tert-OH is 1. The molecular formula is C12H23NO. The molecule has 2 fully saturated rings. The topological polar surface area (TPSA) is 23.5 Å². The van der Waals surface area contributed by atoms with Gasteiger partial charge in [0.2, 0.25) is 0 Å². The first-order valence-electron chi connectivity index (χ1n) is 6.09. The van der Waals surface area contributed by atoms with Gasteiger partial charge in [0.05, 0.1) is 6.10 Å². The Morgan fingerprint density at radius 3 is 2.21 bits per heavy atom. The highest BCUT2D eigenvalue weighted by Gasteiger charge is 2.36. The maximum atomic E-state index is 9.41. The van der Waals surface area contributed by atoms with Gasteiger partial charge in [-0.05, 0) is 37.5 Å². The maximum absolute atomic E-state index is 9.41. The zero-order chi connectivity index (χ0) is 10.1. The molecule has 2 nitrogen and oxygen atoms in total. The second-order valence-electron chi connectivity index (χ2n) is 5.40. The number of hydrogen-bond acceptors (Lipinski definition) is 2. The van der Waals surface area contributed by atoms with E-state index in [-0.39, 0.29) is 6.10 Å². The predicted octanol–water partition coefficient (Wildman–Crippen LogP) is 1.88. The Bertz CT molecular complexity index is 179. The van der Waals surface area contributed by atoms with Crippen molar-refractivity contribution >= 4 is 0 Å². The van der Waals surface area contributed by atoms with E-state index in [0.29, 0.717) is 0 Å². The second kappa shape index (κ2) is 4.19. The van der Waals surface area contributed by atoms with E-state index in [1.165, 1.54) is 12.8 Å². The van der Waals surface area contributed by atoms with Crippen molar-refractivity contribution in [3.05, 3.63) is 0 Å². The van der Waals surface area contributed by atoms with Gasteiger partial charge in [0.25, 0.3) is 0 Å². The number of piperidine rings is 1. The smallest absolute Gasteiger partial charge is 0.0564 e. The van der Waals surface area contributed by atoms with E-state index in [9.17, 15) is 5.11 Å². The van der Waals surface area contributed by atoms with Crippen LogP contribution in [0.25, 0.3) is 0 Å². The Labute approximate surface area is 87.3 Å². The van der Waals surface area contributed by atoms with Gasteiger partial charge >= 0.3 is 0 Å². The molecule has 1 saturated carbocycles. The second-order valence-corrected chi connectivity index (χ2v) is 5.40. The summed E-state index contributed by atoms with van der Waals surface area (Å²) in [6.45, 7) is 6.91. The Morgan fingerprint density at radius 1 is 1.14 bits per heavy atom. The van der Waals surface area contributed by atoms with Crippen LogP contribution in [0.15, 0.2) is 0 Å². The van der Waals surface area contributed by atoms with E-state index in [1.54, 1.807) is 0 Å². The first kappa shape index (κ1) is 10.4. The van der Waals surface area contributed by atoms with Crippen LogP contribution in [0.3, 0.4) is 0 Å². The number of nitrogens with zero attached hydrogens (tertiary/aromatic N) is 1. The monoisotopic (exact) mass is 197 g/mol. The number of likely N-dealkylation sites (tertiary alicyclic amines) is 1. The van der Waals surface area contributed by atoms with Gasteiger partial charge in [0.15, 0.2) is 0 Å². The van der Waals surface area contributed by atoms with E-state index >= 15 is 0 Å². The van der Waals surface area contributed by atoms with Crippen molar-refractivity contribution < 1.29 is 5.11 Å². The molecule has 2 rings (SSSR count). The summed E-state index contributed by atoms with van der Waals surface area (Å²) in [5, 5.41) is 9.41. The van der Waals surface area contributed by atoms with Crippen molar-refractivity contribution in [2.24, 2.45) is 11.8 Å². The van der Waals surface area contributed by atoms with Crippen LogP contribution >= 0.6 is 0 Å². The molecule has 1 heterocycles. The van der Waals surface area contributed by atoms with Crippen LogP contribution < -0.4 is 0 Å². The van der Waals surface area contributed by atoms with E-state index in [0.717, 1.165) is 43.8 Å². The van der Waals surface area contributed by atoms with E-state index in [4.69, 9.17) is 0 Å². The third-order valence-electron chi connectivity index (χ3n) is 4.11. The van der Waals surface area contributed by atoms with Gasteiger partial charge in [-0.2, -0.15) is 0 Å². The third kappa shape index (κ3) is 2.12. The molecular weight excluding hydrogens is 174 g/mol. The molecule has 0 aromatic rings. The molecule has 1 aliphatic heterocycles. The third-order valence-corrected chi connectivity index (χ3v) is 4.11. The molecule has 14 heavy (non-hydrogen) atoms. The van der Waals surface area contributed by atoms with Gasteiger partial charge < -0.3 is 10.0 Å². The number of hydrogen-bond donors (Lipinski definition) is 1. The summed E-state index contributed by atoms with van der Waals surface area (Å²) >= 11 is 0. The summed E-state index contributed by atoms with van der Waals surface area (Å²) in [7, 11) is 0. The largest absolute Gasteiger partial charge is 0.393 e. The standard InChI is InChI=1S/C12H23NO/c1-9(2)10-7-11(8-10)13-5-3-12(14)4-6-13/h9-12,14H,3-8H2,1-2H3. The Kier molecular flexibility index (Phi) is 3.13. The van der Waals surface area contributed by atoms with Gasteiger partial charge in [0, 0.05) is 19.1 Å². The molecule has 0 radical (unpaired) electrons. The number of rotatable bonds is 2. The Balaban J connectivity index is 1.72. The Hall–Kier alpha value is -0.0800. The van der Waals surface area contributed by atoms with Crippen LogP contribution in [0.4, 0.5) is 0 Å². The lowest BCUT2D eigenvalue weighted by molar-refractivity contribution is 0.00710. The van der Waals surface area contributed by atoms with Crippen LogP contribution in [0, 0.1) is 11.8 Å². The molecule has 1 aliphatic carbocycles. The van der Waals surface area contributed by atoms with Crippen molar-refractivity contribution in [2.75, 3.05) is 13.1 Å². The van der Waals surface area contributed by atoms with Gasteiger partial charge in [-0.1, -0.05) is 13.8 Å². The minimum Gasteiger partial charge on any atom is -0.393 e. The van der Waals surface area contributed by atoms with Crippen molar-refractivity contribution in [1.29, 1.82) is 0 Å². The first-order valence-corrected chi connectivity index (χ1v) is 6.09. The fourth-order valence-electron chi connectivity index (χ4n) is 2.72. The lowest BCUT2D eigenvalue weighted by atomic mass is 9.72. The highest BCUT2D eigenvalue weighted by atomic mass is 16.3. The molecule has 1 N–H and O–H groups in total. The van der Waals surface area contributed by atoms with Gasteiger partial charge in [-0.25, -0.2) is 0 Å². The zero-order valence-corrected chi connectivity index (χ0v) is 9.45. The Morgan fingerprint density at radius 2 is 1.71 bits per heavy atom. The van der Waals surface area contributed by atoms with Crippen molar-refractivity contribution in [2.45, 2.75) is 51.7 Å². The van der Waals surface area contributed by atoms with E-state index in [1.807, 2.05) is 0 Å². The van der Waals surface area contributed by atoms with Crippen LogP contribution in [-0.2, 0) is 0 Å². The van der Waals surface area contributed by atoms with Crippen LogP contribution in [0.5, 0.6) is 0 Å². The van der Waals surface area contributed by atoms with Gasteiger partial charge in [-0.3, -0.25) is 0 Å². The molecule has 0 atom stereocenters. The lowest BCUT2D eigenvalue weighted by Crippen LogP contribution is -2.49. The van der Waals surface area contributed by atoms with Crippen molar-refractivity contribution in [1.82, 2.24) is 4.90 Å². The molecule has 82 valence electrons. The predicted molar refractivity (Wildman–Crippen MR) is 58.2 cm³/mol. The molecule has 0 unspecified atom stereocenters. The fraction of sp³-hybridized carbons (Fsp3) is 1.00. The van der Waals surface area contributed by atoms with Crippen molar-refractivity contribution in [3.8, 4) is 0 Å². The van der Waals surface area contributed by atoms with Crippen LogP contribution in [0.1, 0.15) is 39.5 Å². The SMILES string of the molecule is CC(C)C1CC(N2CCC(O)CC2)C1. The highest BCUT2D eigenvalue weighted by Crippen LogP contribution is 2.37. The average Bonchev–Trinajstić information content (AvgIpc) is 2.05. The summed E-state index contributed by atoms with van der Waals surface area (Å²) < 4.78 is 0. The number of aliphatic hydroxyl groups is 1. The summed E-state index contributed by atoms with van der Waals surface area (Å²) in [6, 6.07) is 0.842. The molecule has 2 aliphatic rings. The normalized spacial score (nSPS) is 36.0. The minimum atomic E-state index is -0.0211. The molecule has 0 aromatic carbocycles. The quantitative estimate of drug-likeness (QED) is 0.730. The van der Waals surface area contributed by atoms with Crippen LogP contribution in [0.2, 0.25) is 0 Å². The molecule has 0 spiro atoms. The summed E-state index contributed by atoms with van der Waals surface area (Å²) in [4.78, 5) is 2.59. The maximum Gasteiger partial charge on any atom is 0.0564 e. The van der Waals surface area contributed by atoms with Crippen LogP contribution in [-0.4, -0.2) is 35.2 Å². The first-order chi connectivity index (χ1) is 6.66. The fourth-order valence-corrected chi connectivity index (χ4v) is 2.72. The van der Waals surface area contributed by atoms with E-state index in [2.05, 4.69) is 18.7 Å². The summed E-state index contributed by atoms with van der Waals surface area (Å²) in [5.74, 6) is 1.83. The van der Waals surface area contributed by atoms with Gasteiger partial charge in [-0.15, -0.1) is 0 Å². The zero-order valence-electron chi connectivity index (χ0n) is 9.45. The molecule has 1 saturated heterocycles. The summed E-state index contributed by atoms with van der Waals surface area (Å²) in [5.41, 5.74) is 0.